The second-order valence-electron chi connectivity index (χ2n) is 7.64. The SMILES string of the molecule is CCN1C(=O)CC(c2ccccc2)C12CCN(Cc1nccn1C)CC2. The van der Waals surface area contributed by atoms with Gasteiger partial charge in [-0.25, -0.2) is 4.98 Å². The van der Waals surface area contributed by atoms with Crippen LogP contribution in [0.4, 0.5) is 0 Å². The van der Waals surface area contributed by atoms with E-state index in [1.54, 1.807) is 0 Å². The number of piperidine rings is 1. The Kier molecular flexibility index (Phi) is 4.57. The Bertz CT molecular complexity index is 761. The first-order valence-corrected chi connectivity index (χ1v) is 9.68. The second-order valence-corrected chi connectivity index (χ2v) is 7.64. The number of carbonyl (C=O) groups excluding carboxylic acids is 1. The maximum atomic E-state index is 12.7. The van der Waals surface area contributed by atoms with Crippen molar-refractivity contribution >= 4 is 5.91 Å². The number of imidazole rings is 1. The second kappa shape index (κ2) is 6.88. The zero-order valence-corrected chi connectivity index (χ0v) is 15.8. The van der Waals surface area contributed by atoms with Crippen molar-refractivity contribution in [2.75, 3.05) is 19.6 Å². The minimum atomic E-state index is -0.0225. The highest BCUT2D eigenvalue weighted by molar-refractivity contribution is 5.81. The summed E-state index contributed by atoms with van der Waals surface area (Å²) in [6.45, 7) is 5.84. The monoisotopic (exact) mass is 352 g/mol. The van der Waals surface area contributed by atoms with Crippen LogP contribution in [0.5, 0.6) is 0 Å². The van der Waals surface area contributed by atoms with Crippen LogP contribution in [0.25, 0.3) is 0 Å². The van der Waals surface area contributed by atoms with Crippen LogP contribution in [0, 0.1) is 0 Å². The van der Waals surface area contributed by atoms with Crippen LogP contribution in [-0.4, -0.2) is 50.4 Å². The quantitative estimate of drug-likeness (QED) is 0.850. The first-order valence-electron chi connectivity index (χ1n) is 9.68. The van der Waals surface area contributed by atoms with Crippen LogP contribution in [0.3, 0.4) is 0 Å². The molecule has 2 aliphatic heterocycles. The lowest BCUT2D eigenvalue weighted by molar-refractivity contribution is -0.132. The van der Waals surface area contributed by atoms with Gasteiger partial charge in [0.05, 0.1) is 12.1 Å². The molecule has 1 unspecified atom stereocenters. The molecular formula is C21H28N4O. The lowest BCUT2D eigenvalue weighted by Gasteiger charge is -2.47. The van der Waals surface area contributed by atoms with E-state index in [1.807, 2.05) is 19.4 Å². The fraction of sp³-hybridized carbons (Fsp3) is 0.524. The zero-order valence-electron chi connectivity index (χ0n) is 15.8. The molecule has 1 aromatic heterocycles. The molecule has 5 nitrogen and oxygen atoms in total. The van der Waals surface area contributed by atoms with Gasteiger partial charge in [-0.3, -0.25) is 9.69 Å². The Hall–Kier alpha value is -2.14. The Morgan fingerprint density at radius 3 is 2.54 bits per heavy atom. The molecule has 1 aromatic carbocycles. The minimum Gasteiger partial charge on any atom is -0.337 e. The maximum Gasteiger partial charge on any atom is 0.223 e. The third-order valence-electron chi connectivity index (χ3n) is 6.39. The summed E-state index contributed by atoms with van der Waals surface area (Å²) in [6, 6.07) is 10.6. The predicted octanol–water partition coefficient (Wildman–Crippen LogP) is 2.79. The van der Waals surface area contributed by atoms with Crippen molar-refractivity contribution in [3.8, 4) is 0 Å². The van der Waals surface area contributed by atoms with E-state index in [2.05, 4.69) is 56.6 Å². The standard InChI is InChI=1S/C21H28N4O/c1-3-25-20(26)15-18(17-7-5-4-6-8-17)21(25)9-12-24(13-10-21)16-19-22-11-14-23(19)2/h4-8,11,14,18H,3,9-10,12-13,15-16H2,1-2H3. The number of hydrogen-bond donors (Lipinski definition) is 0. The van der Waals surface area contributed by atoms with Crippen molar-refractivity contribution in [2.45, 2.75) is 44.2 Å². The van der Waals surface area contributed by atoms with Gasteiger partial charge in [0.1, 0.15) is 5.82 Å². The number of likely N-dealkylation sites (tertiary alicyclic amines) is 2. The molecule has 0 N–H and O–H groups in total. The molecule has 0 aliphatic carbocycles. The first kappa shape index (κ1) is 17.3. The summed E-state index contributed by atoms with van der Waals surface area (Å²) >= 11 is 0. The first-order chi connectivity index (χ1) is 12.6. The van der Waals surface area contributed by atoms with Gasteiger partial charge in [-0.15, -0.1) is 0 Å². The molecule has 1 atom stereocenters. The molecular weight excluding hydrogens is 324 g/mol. The van der Waals surface area contributed by atoms with Crippen molar-refractivity contribution in [1.82, 2.24) is 19.4 Å². The van der Waals surface area contributed by atoms with E-state index in [0.29, 0.717) is 18.2 Å². The Morgan fingerprint density at radius 1 is 1.19 bits per heavy atom. The smallest absolute Gasteiger partial charge is 0.223 e. The fourth-order valence-corrected chi connectivity index (χ4v) is 4.98. The molecule has 26 heavy (non-hydrogen) atoms. The van der Waals surface area contributed by atoms with Gasteiger partial charge in [0.25, 0.3) is 0 Å². The number of nitrogens with zero attached hydrogens (tertiary/aromatic N) is 4. The molecule has 2 fully saturated rings. The summed E-state index contributed by atoms with van der Waals surface area (Å²) in [5.74, 6) is 1.74. The van der Waals surface area contributed by atoms with E-state index >= 15 is 0 Å². The summed E-state index contributed by atoms with van der Waals surface area (Å²) in [6.07, 6.45) is 6.59. The van der Waals surface area contributed by atoms with Gasteiger partial charge < -0.3 is 9.47 Å². The highest BCUT2D eigenvalue weighted by Crippen LogP contribution is 2.48. The van der Waals surface area contributed by atoms with Crippen LogP contribution >= 0.6 is 0 Å². The average Bonchev–Trinajstić information content (AvgIpc) is 3.18. The van der Waals surface area contributed by atoms with Crippen LogP contribution in [0.1, 0.15) is 43.5 Å². The van der Waals surface area contributed by atoms with E-state index in [4.69, 9.17) is 0 Å². The molecule has 138 valence electrons. The molecule has 4 rings (SSSR count). The minimum absolute atomic E-state index is 0.0225. The van der Waals surface area contributed by atoms with Gasteiger partial charge in [0.2, 0.25) is 5.91 Å². The third-order valence-corrected chi connectivity index (χ3v) is 6.39. The molecule has 5 heteroatoms. The summed E-state index contributed by atoms with van der Waals surface area (Å²) in [5, 5.41) is 0. The topological polar surface area (TPSA) is 41.4 Å². The van der Waals surface area contributed by atoms with Gasteiger partial charge in [-0.1, -0.05) is 30.3 Å². The van der Waals surface area contributed by atoms with Gasteiger partial charge in [-0.2, -0.15) is 0 Å². The summed E-state index contributed by atoms with van der Waals surface area (Å²) in [5.41, 5.74) is 1.29. The molecule has 1 spiro atoms. The molecule has 0 bridgehead atoms. The summed E-state index contributed by atoms with van der Waals surface area (Å²) in [7, 11) is 2.05. The van der Waals surface area contributed by atoms with Crippen molar-refractivity contribution < 1.29 is 4.79 Å². The zero-order chi connectivity index (χ0) is 18.1. The highest BCUT2D eigenvalue weighted by atomic mass is 16.2. The Morgan fingerprint density at radius 2 is 1.92 bits per heavy atom. The Labute approximate surface area is 155 Å². The van der Waals surface area contributed by atoms with Crippen LogP contribution in [0.2, 0.25) is 0 Å². The molecule has 0 radical (unpaired) electrons. The fourth-order valence-electron chi connectivity index (χ4n) is 4.98. The van der Waals surface area contributed by atoms with E-state index in [-0.39, 0.29) is 5.54 Å². The van der Waals surface area contributed by atoms with Crippen LogP contribution in [-0.2, 0) is 18.4 Å². The molecule has 1 amide bonds. The lowest BCUT2D eigenvalue weighted by Crippen LogP contribution is -2.55. The Balaban J connectivity index is 1.55. The number of amides is 1. The van der Waals surface area contributed by atoms with Crippen LogP contribution < -0.4 is 0 Å². The molecule has 0 saturated carbocycles. The number of rotatable bonds is 4. The number of aromatic nitrogens is 2. The average molecular weight is 352 g/mol. The number of likely N-dealkylation sites (N-methyl/N-ethyl adjacent to an activating group) is 1. The van der Waals surface area contributed by atoms with Gasteiger partial charge >= 0.3 is 0 Å². The van der Waals surface area contributed by atoms with E-state index < -0.39 is 0 Å². The maximum absolute atomic E-state index is 12.7. The number of benzene rings is 1. The molecule has 2 aliphatic rings. The molecule has 3 heterocycles. The van der Waals surface area contributed by atoms with Crippen molar-refractivity contribution in [2.24, 2.45) is 7.05 Å². The van der Waals surface area contributed by atoms with E-state index in [0.717, 1.165) is 44.8 Å². The van der Waals surface area contributed by atoms with Gasteiger partial charge in [-0.05, 0) is 25.3 Å². The molecule has 2 aromatic rings. The van der Waals surface area contributed by atoms with E-state index in [9.17, 15) is 4.79 Å². The van der Waals surface area contributed by atoms with Gasteiger partial charge in [0, 0.05) is 51.4 Å². The van der Waals surface area contributed by atoms with Crippen molar-refractivity contribution in [3.63, 3.8) is 0 Å². The lowest BCUT2D eigenvalue weighted by atomic mass is 9.73. The number of aryl methyl sites for hydroxylation is 1. The normalized spacial score (nSPS) is 23.1. The number of carbonyl (C=O) groups is 1. The molecule has 2 saturated heterocycles. The van der Waals surface area contributed by atoms with Crippen molar-refractivity contribution in [3.05, 3.63) is 54.1 Å². The number of hydrogen-bond acceptors (Lipinski definition) is 3. The highest BCUT2D eigenvalue weighted by Gasteiger charge is 2.53. The summed E-state index contributed by atoms with van der Waals surface area (Å²) in [4.78, 5) is 21.9. The largest absolute Gasteiger partial charge is 0.337 e. The van der Waals surface area contributed by atoms with Crippen molar-refractivity contribution in [1.29, 1.82) is 0 Å². The van der Waals surface area contributed by atoms with Gasteiger partial charge in [0.15, 0.2) is 0 Å². The third kappa shape index (κ3) is 2.84. The van der Waals surface area contributed by atoms with E-state index in [1.165, 1.54) is 5.56 Å². The van der Waals surface area contributed by atoms with Crippen LogP contribution in [0.15, 0.2) is 42.7 Å². The summed E-state index contributed by atoms with van der Waals surface area (Å²) < 4.78 is 2.09. The predicted molar refractivity (Wildman–Crippen MR) is 102 cm³/mol.